The third-order valence-electron chi connectivity index (χ3n) is 8.32. The highest BCUT2D eigenvalue weighted by Gasteiger charge is 2.49. The van der Waals surface area contributed by atoms with Crippen LogP contribution in [0.5, 0.6) is 0 Å². The molecule has 5 saturated heterocycles. The van der Waals surface area contributed by atoms with Gasteiger partial charge in [-0.05, 0) is 32.9 Å². The number of hydrogen-bond acceptors (Lipinski definition) is 9. The standard InChI is InChI=1S/C21H39FN8O2/c1-28-6-7-29(13-21(28)3-8-32-9-4-21)16-2-5-24-11-15(16)26-20(31)17-18(23)27-30-12-14(22)10-25-19(17)30/h14-19,24-25,27H,2-13,23H2,1H3,(H,26,31). The van der Waals surface area contributed by atoms with E-state index in [4.69, 9.17) is 10.5 Å². The van der Waals surface area contributed by atoms with E-state index in [-0.39, 0.29) is 36.7 Å². The first-order chi connectivity index (χ1) is 15.5. The van der Waals surface area contributed by atoms with E-state index in [0.717, 1.165) is 65.2 Å². The molecule has 5 heterocycles. The van der Waals surface area contributed by atoms with Gasteiger partial charge in [0, 0.05) is 64.1 Å². The van der Waals surface area contributed by atoms with Gasteiger partial charge in [-0.15, -0.1) is 0 Å². The van der Waals surface area contributed by atoms with Gasteiger partial charge < -0.3 is 21.1 Å². The predicted octanol–water partition coefficient (Wildman–Crippen LogP) is -2.38. The number of likely N-dealkylation sites (N-methyl/N-ethyl adjacent to an activating group) is 1. The van der Waals surface area contributed by atoms with E-state index in [1.165, 1.54) is 0 Å². The van der Waals surface area contributed by atoms with Crippen molar-refractivity contribution in [1.29, 1.82) is 0 Å². The number of amides is 1. The molecular weight excluding hydrogens is 415 g/mol. The van der Waals surface area contributed by atoms with Crippen molar-refractivity contribution in [2.24, 2.45) is 11.7 Å². The van der Waals surface area contributed by atoms with Gasteiger partial charge in [0.15, 0.2) is 0 Å². The fourth-order valence-electron chi connectivity index (χ4n) is 6.35. The lowest BCUT2D eigenvalue weighted by Gasteiger charge is -2.54. The molecule has 0 saturated carbocycles. The van der Waals surface area contributed by atoms with Crippen molar-refractivity contribution >= 4 is 5.91 Å². The molecule has 0 aromatic heterocycles. The number of piperazine rings is 1. The van der Waals surface area contributed by atoms with Gasteiger partial charge in [0.1, 0.15) is 6.17 Å². The maximum atomic E-state index is 13.8. The third kappa shape index (κ3) is 4.29. The first kappa shape index (κ1) is 22.9. The number of nitrogens with two attached hydrogens (primary N) is 1. The number of ether oxygens (including phenoxy) is 1. The van der Waals surface area contributed by atoms with Crippen LogP contribution in [0.1, 0.15) is 19.3 Å². The van der Waals surface area contributed by atoms with E-state index >= 15 is 0 Å². The largest absolute Gasteiger partial charge is 0.381 e. The van der Waals surface area contributed by atoms with Crippen LogP contribution in [0.2, 0.25) is 0 Å². The fraction of sp³-hybridized carbons (Fsp3) is 0.952. The average molecular weight is 455 g/mol. The molecule has 1 spiro atoms. The summed E-state index contributed by atoms with van der Waals surface area (Å²) in [5.74, 6) is -0.518. The highest BCUT2D eigenvalue weighted by molar-refractivity contribution is 5.81. The number of fused-ring (bicyclic) bond motifs is 1. The quantitative estimate of drug-likeness (QED) is 0.319. The van der Waals surface area contributed by atoms with E-state index in [2.05, 4.69) is 38.2 Å². The molecule has 5 aliphatic heterocycles. The molecule has 0 aliphatic carbocycles. The van der Waals surface area contributed by atoms with Crippen LogP contribution in [-0.4, -0.2) is 123 Å². The number of carbonyl (C=O) groups excluding carboxylic acids is 1. The van der Waals surface area contributed by atoms with Gasteiger partial charge in [0.25, 0.3) is 0 Å². The Bertz CT molecular complexity index is 680. The van der Waals surface area contributed by atoms with Crippen LogP contribution in [-0.2, 0) is 9.53 Å². The van der Waals surface area contributed by atoms with Gasteiger partial charge >= 0.3 is 0 Å². The molecule has 0 aromatic carbocycles. The van der Waals surface area contributed by atoms with Crippen LogP contribution in [0.4, 0.5) is 4.39 Å². The molecule has 5 aliphatic rings. The minimum absolute atomic E-state index is 0.0234. The summed E-state index contributed by atoms with van der Waals surface area (Å²) in [5.41, 5.74) is 9.50. The van der Waals surface area contributed by atoms with Crippen molar-refractivity contribution in [2.75, 3.05) is 66.1 Å². The van der Waals surface area contributed by atoms with Gasteiger partial charge in [-0.1, -0.05) is 0 Å². The van der Waals surface area contributed by atoms with E-state index in [1.54, 1.807) is 5.01 Å². The SMILES string of the molecule is CN1CCN(C2CCNCC2NC(=O)C2C(N)NN3CC(F)CNC23)CC12CCOCC2. The number of nitrogens with zero attached hydrogens (tertiary/aromatic N) is 3. The normalized spacial score (nSPS) is 41.5. The van der Waals surface area contributed by atoms with Gasteiger partial charge in [0.2, 0.25) is 5.91 Å². The first-order valence-corrected chi connectivity index (χ1v) is 12.2. The Kier molecular flexibility index (Phi) is 6.70. The average Bonchev–Trinajstić information content (AvgIpc) is 3.11. The Balaban J connectivity index is 1.26. The Morgan fingerprint density at radius 2 is 2.06 bits per heavy atom. The number of nitrogens with one attached hydrogen (secondary N) is 4. The lowest BCUT2D eigenvalue weighted by molar-refractivity contribution is -0.128. The predicted molar refractivity (Wildman–Crippen MR) is 118 cm³/mol. The monoisotopic (exact) mass is 454 g/mol. The number of halogens is 1. The summed E-state index contributed by atoms with van der Waals surface area (Å²) in [6, 6.07) is 0.320. The molecule has 11 heteroatoms. The number of alkyl halides is 1. The second-order valence-electron chi connectivity index (χ2n) is 10.2. The van der Waals surface area contributed by atoms with Gasteiger partial charge in [-0.2, -0.15) is 0 Å². The van der Waals surface area contributed by atoms with Crippen LogP contribution < -0.4 is 27.1 Å². The summed E-state index contributed by atoms with van der Waals surface area (Å²) in [6.07, 6.45) is 1.36. The molecule has 6 N–H and O–H groups in total. The second-order valence-corrected chi connectivity index (χ2v) is 10.2. The van der Waals surface area contributed by atoms with Gasteiger partial charge in [0.05, 0.1) is 24.3 Å². The third-order valence-corrected chi connectivity index (χ3v) is 8.32. The van der Waals surface area contributed by atoms with Crippen LogP contribution in [0.15, 0.2) is 0 Å². The zero-order chi connectivity index (χ0) is 22.3. The highest BCUT2D eigenvalue weighted by atomic mass is 19.1. The Morgan fingerprint density at radius 1 is 1.25 bits per heavy atom. The minimum atomic E-state index is -0.963. The number of hydrazine groups is 1. The van der Waals surface area contributed by atoms with Crippen molar-refractivity contribution in [3.05, 3.63) is 0 Å². The molecule has 10 nitrogen and oxygen atoms in total. The van der Waals surface area contributed by atoms with Crippen LogP contribution in [0.25, 0.3) is 0 Å². The van der Waals surface area contributed by atoms with Crippen LogP contribution in [0, 0.1) is 5.92 Å². The molecule has 182 valence electrons. The summed E-state index contributed by atoms with van der Waals surface area (Å²) in [6.45, 7) is 6.91. The van der Waals surface area contributed by atoms with Crippen molar-refractivity contribution in [2.45, 2.75) is 55.4 Å². The van der Waals surface area contributed by atoms with Crippen molar-refractivity contribution < 1.29 is 13.9 Å². The zero-order valence-corrected chi connectivity index (χ0v) is 19.1. The van der Waals surface area contributed by atoms with Crippen LogP contribution >= 0.6 is 0 Å². The summed E-state index contributed by atoms with van der Waals surface area (Å²) in [4.78, 5) is 18.5. The molecule has 5 rings (SSSR count). The van der Waals surface area contributed by atoms with E-state index < -0.39 is 18.3 Å². The van der Waals surface area contributed by atoms with E-state index in [9.17, 15) is 9.18 Å². The molecule has 6 unspecified atom stereocenters. The first-order valence-electron chi connectivity index (χ1n) is 12.2. The Hall–Kier alpha value is -0.920. The zero-order valence-electron chi connectivity index (χ0n) is 19.1. The molecular formula is C21H39FN8O2. The molecule has 6 atom stereocenters. The summed E-state index contributed by atoms with van der Waals surface area (Å²) in [7, 11) is 2.24. The Labute approximate surface area is 189 Å². The molecule has 0 radical (unpaired) electrons. The number of piperidine rings is 1. The Morgan fingerprint density at radius 3 is 2.88 bits per heavy atom. The number of carbonyl (C=O) groups is 1. The molecule has 5 fully saturated rings. The van der Waals surface area contributed by atoms with E-state index in [0.29, 0.717) is 6.04 Å². The second kappa shape index (κ2) is 9.38. The molecule has 32 heavy (non-hydrogen) atoms. The summed E-state index contributed by atoms with van der Waals surface area (Å²) < 4.78 is 19.4. The molecule has 0 aromatic rings. The van der Waals surface area contributed by atoms with Crippen molar-refractivity contribution in [1.82, 2.24) is 36.2 Å². The smallest absolute Gasteiger partial charge is 0.229 e. The maximum absolute atomic E-state index is 13.8. The van der Waals surface area contributed by atoms with Gasteiger partial charge in [-0.25, -0.2) is 14.8 Å². The highest BCUT2D eigenvalue weighted by Crippen LogP contribution is 2.32. The topological polar surface area (TPSA) is 110 Å². The summed E-state index contributed by atoms with van der Waals surface area (Å²) in [5, 5.41) is 11.7. The van der Waals surface area contributed by atoms with Crippen LogP contribution in [0.3, 0.4) is 0 Å². The maximum Gasteiger partial charge on any atom is 0.229 e. The number of rotatable bonds is 3. The van der Waals surface area contributed by atoms with Crippen molar-refractivity contribution in [3.8, 4) is 0 Å². The number of hydrogen-bond donors (Lipinski definition) is 5. The van der Waals surface area contributed by atoms with Gasteiger partial charge in [-0.3, -0.25) is 19.9 Å². The molecule has 1 amide bonds. The fourth-order valence-corrected chi connectivity index (χ4v) is 6.35. The summed E-state index contributed by atoms with van der Waals surface area (Å²) >= 11 is 0. The van der Waals surface area contributed by atoms with Crippen molar-refractivity contribution in [3.63, 3.8) is 0 Å². The lowest BCUT2D eigenvalue weighted by Crippen LogP contribution is -2.69. The minimum Gasteiger partial charge on any atom is -0.381 e. The molecule has 0 bridgehead atoms. The lowest BCUT2D eigenvalue weighted by atomic mass is 9.84. The van der Waals surface area contributed by atoms with E-state index in [1.807, 2.05) is 0 Å².